The van der Waals surface area contributed by atoms with Gasteiger partial charge in [-0.15, -0.1) is 0 Å². The van der Waals surface area contributed by atoms with E-state index in [9.17, 15) is 4.79 Å². The smallest absolute Gasteiger partial charge is 0.312 e. The predicted molar refractivity (Wildman–Crippen MR) is 123 cm³/mol. The van der Waals surface area contributed by atoms with Crippen LogP contribution < -0.4 is 11.1 Å². The summed E-state index contributed by atoms with van der Waals surface area (Å²) in [4.78, 5) is 11.5. The van der Waals surface area contributed by atoms with Crippen LogP contribution in [0.3, 0.4) is 0 Å². The third-order valence-corrected chi connectivity index (χ3v) is 5.35. The Morgan fingerprint density at radius 2 is 1.52 bits per heavy atom. The summed E-state index contributed by atoms with van der Waals surface area (Å²) < 4.78 is 23.2. The van der Waals surface area contributed by atoms with Gasteiger partial charge in [-0.3, -0.25) is 0 Å². The fourth-order valence-corrected chi connectivity index (χ4v) is 3.72. The van der Waals surface area contributed by atoms with Crippen molar-refractivity contribution in [3.05, 3.63) is 35.9 Å². The summed E-state index contributed by atoms with van der Waals surface area (Å²) in [6.07, 6.45) is 7.93. The van der Waals surface area contributed by atoms with Gasteiger partial charge < -0.3 is 30.0 Å². The second-order valence-electron chi connectivity index (χ2n) is 7.71. The molecule has 0 spiro atoms. The van der Waals surface area contributed by atoms with Crippen molar-refractivity contribution in [2.75, 3.05) is 47.2 Å². The van der Waals surface area contributed by atoms with Crippen LogP contribution in [-0.2, 0) is 24.7 Å². The molecule has 0 heterocycles. The molecule has 2 amide bonds. The first kappa shape index (κ1) is 27.4. The Kier molecular flexibility index (Phi) is 15.0. The number of urea groups is 1. The number of amides is 2. The minimum atomic E-state index is -1.04. The Morgan fingerprint density at radius 3 is 2.06 bits per heavy atom. The molecule has 7 heteroatoms. The topological polar surface area (TPSA) is 92.0 Å². The first-order valence-corrected chi connectivity index (χ1v) is 11.4. The van der Waals surface area contributed by atoms with Gasteiger partial charge in [0.05, 0.1) is 26.4 Å². The summed E-state index contributed by atoms with van der Waals surface area (Å²) in [6, 6.07) is 9.34. The highest BCUT2D eigenvalue weighted by Crippen LogP contribution is 2.38. The molecule has 0 aliphatic rings. The molecular formula is C24H42N2O5. The van der Waals surface area contributed by atoms with E-state index in [0.29, 0.717) is 33.0 Å². The quantitative estimate of drug-likeness (QED) is 0.249. The van der Waals surface area contributed by atoms with Crippen molar-refractivity contribution in [2.24, 2.45) is 11.7 Å². The van der Waals surface area contributed by atoms with Gasteiger partial charge in [0, 0.05) is 32.2 Å². The van der Waals surface area contributed by atoms with Crippen LogP contribution in [0.5, 0.6) is 0 Å². The van der Waals surface area contributed by atoms with Gasteiger partial charge in [0.1, 0.15) is 0 Å². The lowest BCUT2D eigenvalue weighted by atomic mass is 9.86. The summed E-state index contributed by atoms with van der Waals surface area (Å²) in [6.45, 7) is 4.18. The zero-order valence-electron chi connectivity index (χ0n) is 19.6. The number of methoxy groups -OCH3 is 2. The van der Waals surface area contributed by atoms with Gasteiger partial charge in [-0.05, 0) is 6.42 Å². The number of nitrogens with one attached hydrogen (secondary N) is 1. The second-order valence-corrected chi connectivity index (χ2v) is 7.71. The molecule has 178 valence electrons. The number of carbonyl (C=O) groups excluding carboxylic acids is 1. The highest BCUT2D eigenvalue weighted by molar-refractivity contribution is 5.71. The van der Waals surface area contributed by atoms with E-state index in [1.807, 2.05) is 30.3 Å². The number of benzene rings is 1. The van der Waals surface area contributed by atoms with Crippen LogP contribution in [0.1, 0.15) is 57.4 Å². The Morgan fingerprint density at radius 1 is 0.935 bits per heavy atom. The predicted octanol–water partition coefficient (Wildman–Crippen LogP) is 4.20. The van der Waals surface area contributed by atoms with E-state index in [-0.39, 0.29) is 5.92 Å². The van der Waals surface area contributed by atoms with E-state index < -0.39 is 11.8 Å². The minimum absolute atomic E-state index is 0.123. The zero-order chi connectivity index (χ0) is 22.8. The highest BCUT2D eigenvalue weighted by Gasteiger charge is 2.42. The molecule has 0 bridgehead atoms. The third-order valence-electron chi connectivity index (χ3n) is 5.35. The number of carbonyl (C=O) groups is 1. The van der Waals surface area contributed by atoms with Crippen molar-refractivity contribution in [3.63, 3.8) is 0 Å². The molecule has 31 heavy (non-hydrogen) atoms. The fourth-order valence-electron chi connectivity index (χ4n) is 3.72. The van der Waals surface area contributed by atoms with Crippen molar-refractivity contribution in [1.82, 2.24) is 5.32 Å². The molecule has 0 aromatic heterocycles. The van der Waals surface area contributed by atoms with E-state index in [4.69, 9.17) is 24.7 Å². The number of unbranched alkanes of at least 4 members (excludes halogenated alkanes) is 5. The number of rotatable bonds is 19. The lowest BCUT2D eigenvalue weighted by Gasteiger charge is -2.41. The Bertz CT molecular complexity index is 560. The van der Waals surface area contributed by atoms with E-state index in [1.54, 1.807) is 14.2 Å². The molecule has 7 nitrogen and oxygen atoms in total. The van der Waals surface area contributed by atoms with Crippen molar-refractivity contribution < 1.29 is 23.7 Å². The van der Waals surface area contributed by atoms with Crippen molar-refractivity contribution in [3.8, 4) is 0 Å². The van der Waals surface area contributed by atoms with Crippen LogP contribution in [0.25, 0.3) is 0 Å². The minimum Gasteiger partial charge on any atom is -0.382 e. The van der Waals surface area contributed by atoms with Gasteiger partial charge in [0.25, 0.3) is 0 Å². The molecule has 3 N–H and O–H groups in total. The summed E-state index contributed by atoms with van der Waals surface area (Å²) in [7, 11) is 3.28. The monoisotopic (exact) mass is 438 g/mol. The molecular weight excluding hydrogens is 396 g/mol. The number of ether oxygens (including phenoxy) is 4. The van der Waals surface area contributed by atoms with Crippen molar-refractivity contribution in [1.29, 1.82) is 0 Å². The van der Waals surface area contributed by atoms with Crippen LogP contribution in [0.15, 0.2) is 30.3 Å². The average Bonchev–Trinajstić information content (AvgIpc) is 2.78. The van der Waals surface area contributed by atoms with Crippen LogP contribution in [-0.4, -0.2) is 53.2 Å². The number of primary amides is 1. The normalized spacial score (nSPS) is 12.6. The van der Waals surface area contributed by atoms with Gasteiger partial charge in [-0.25, -0.2) is 4.79 Å². The zero-order valence-corrected chi connectivity index (χ0v) is 19.6. The summed E-state index contributed by atoms with van der Waals surface area (Å²) in [5.41, 5.74) is 6.31. The average molecular weight is 439 g/mol. The van der Waals surface area contributed by atoms with Crippen molar-refractivity contribution in [2.45, 2.75) is 57.7 Å². The van der Waals surface area contributed by atoms with E-state index in [2.05, 4.69) is 12.2 Å². The Labute approximate surface area is 188 Å². The number of nitrogens with two attached hydrogens (primary N) is 1. The fraction of sp³-hybridized carbons (Fsp3) is 0.708. The van der Waals surface area contributed by atoms with Gasteiger partial charge in [0.2, 0.25) is 0 Å². The summed E-state index contributed by atoms with van der Waals surface area (Å²) in [5, 5.41) is 2.78. The third kappa shape index (κ3) is 10.5. The molecule has 0 saturated carbocycles. The summed E-state index contributed by atoms with van der Waals surface area (Å²) in [5.74, 6) is -1.16. The first-order chi connectivity index (χ1) is 15.1. The SMILES string of the molecule is CCCCCCCCC(CNC(N)=O)C(OCCOC)(OCCOC)c1ccccc1. The second kappa shape index (κ2) is 17.0. The van der Waals surface area contributed by atoms with Gasteiger partial charge >= 0.3 is 6.03 Å². The van der Waals surface area contributed by atoms with E-state index in [1.165, 1.54) is 25.7 Å². The van der Waals surface area contributed by atoms with E-state index in [0.717, 1.165) is 24.8 Å². The summed E-state index contributed by atoms with van der Waals surface area (Å²) >= 11 is 0. The molecule has 1 unspecified atom stereocenters. The maximum Gasteiger partial charge on any atom is 0.312 e. The molecule has 1 aromatic carbocycles. The molecule has 0 aliphatic heterocycles. The Hall–Kier alpha value is -1.67. The maximum absolute atomic E-state index is 11.5. The number of hydrogen-bond acceptors (Lipinski definition) is 5. The van der Waals surface area contributed by atoms with Crippen LogP contribution in [0.2, 0.25) is 0 Å². The van der Waals surface area contributed by atoms with Crippen molar-refractivity contribution >= 4 is 6.03 Å². The lowest BCUT2D eigenvalue weighted by molar-refractivity contribution is -0.284. The largest absolute Gasteiger partial charge is 0.382 e. The number of hydrogen-bond donors (Lipinski definition) is 2. The van der Waals surface area contributed by atoms with Crippen LogP contribution in [0.4, 0.5) is 4.79 Å². The highest BCUT2D eigenvalue weighted by atomic mass is 16.7. The maximum atomic E-state index is 11.5. The molecule has 0 aliphatic carbocycles. The first-order valence-electron chi connectivity index (χ1n) is 11.4. The molecule has 0 saturated heterocycles. The molecule has 1 aromatic rings. The molecule has 1 atom stereocenters. The lowest BCUT2D eigenvalue weighted by Crippen LogP contribution is -2.48. The van der Waals surface area contributed by atoms with Gasteiger partial charge in [-0.1, -0.05) is 75.8 Å². The molecule has 0 fully saturated rings. The Balaban J connectivity index is 3.12. The van der Waals surface area contributed by atoms with Gasteiger partial charge in [0.15, 0.2) is 5.79 Å². The van der Waals surface area contributed by atoms with Crippen LogP contribution >= 0.6 is 0 Å². The van der Waals surface area contributed by atoms with E-state index >= 15 is 0 Å². The standard InChI is InChI=1S/C24H42N2O5/c1-4-5-6-7-8-10-15-22(20-26-23(25)27)24(30-18-16-28-2,31-19-17-29-3)21-13-11-9-12-14-21/h9,11-14,22H,4-8,10,15-20H2,1-3H3,(H3,25,26,27). The molecule has 0 radical (unpaired) electrons. The molecule has 1 rings (SSSR count). The van der Waals surface area contributed by atoms with Crippen LogP contribution in [0, 0.1) is 5.92 Å². The van der Waals surface area contributed by atoms with Gasteiger partial charge in [-0.2, -0.15) is 0 Å².